The van der Waals surface area contributed by atoms with Crippen molar-refractivity contribution < 1.29 is 28.6 Å². The van der Waals surface area contributed by atoms with Crippen LogP contribution in [-0.2, 0) is 20.7 Å². The Bertz CT molecular complexity index is 1430. The lowest BCUT2D eigenvalue weighted by molar-refractivity contribution is -0.141. The minimum absolute atomic E-state index is 0.112. The number of rotatable bonds is 2. The lowest BCUT2D eigenvalue weighted by Gasteiger charge is -2.35. The maximum atomic E-state index is 14.2. The standard InChI is InChI=1S/C34H46N4O6/c1-18-27-17-38(28(18)19(2)39)32(40)30(34(3,4)5)37-33(41)44-29-21-14-20(15-21)23(29)10-8-7-9-11-25-31(43-27)36-26-16-22(42-6)12-13-24(26)35-25/h12-13,16,18,20-21,23,27-30H,7-11,14-15,17H2,1-6H3,(H,37,41)/t18-,20-,21+,23-,27+,28+,29-,30-/m1/s1. The molecule has 10 heteroatoms. The number of amides is 2. The molecular formula is C34H46N4O6. The molecule has 6 atom stereocenters. The van der Waals surface area contributed by atoms with Crippen LogP contribution in [0.1, 0.15) is 78.8 Å². The fourth-order valence-electron chi connectivity index (χ4n) is 7.97. The molecule has 3 saturated carbocycles. The third-order valence-electron chi connectivity index (χ3n) is 10.4. The van der Waals surface area contributed by atoms with E-state index in [0.29, 0.717) is 41.3 Å². The fourth-order valence-corrected chi connectivity index (χ4v) is 7.97. The second-order valence-corrected chi connectivity index (χ2v) is 14.5. The van der Waals surface area contributed by atoms with E-state index in [1.807, 2.05) is 45.9 Å². The third kappa shape index (κ3) is 5.72. The van der Waals surface area contributed by atoms with Crippen LogP contribution < -0.4 is 14.8 Å². The first kappa shape index (κ1) is 30.6. The molecule has 1 saturated heterocycles. The monoisotopic (exact) mass is 606 g/mol. The number of aromatic nitrogens is 2. The first-order chi connectivity index (χ1) is 20.9. The summed E-state index contributed by atoms with van der Waals surface area (Å²) in [6.45, 7) is 9.38. The number of aryl methyl sites for hydroxylation is 1. The molecule has 44 heavy (non-hydrogen) atoms. The molecule has 2 aliphatic heterocycles. The zero-order chi connectivity index (χ0) is 31.3. The van der Waals surface area contributed by atoms with Crippen molar-refractivity contribution in [1.82, 2.24) is 20.2 Å². The highest BCUT2D eigenvalue weighted by atomic mass is 16.6. The van der Waals surface area contributed by atoms with Crippen molar-refractivity contribution in [2.75, 3.05) is 13.7 Å². The Morgan fingerprint density at radius 2 is 1.82 bits per heavy atom. The summed E-state index contributed by atoms with van der Waals surface area (Å²) in [6, 6.07) is 4.05. The molecule has 238 valence electrons. The number of fused-ring (bicyclic) bond motifs is 4. The molecule has 2 amide bonds. The number of alkyl carbamates (subject to hydrolysis) is 1. The summed E-state index contributed by atoms with van der Waals surface area (Å²) >= 11 is 0. The summed E-state index contributed by atoms with van der Waals surface area (Å²) in [5.41, 5.74) is 1.59. The highest BCUT2D eigenvalue weighted by molar-refractivity contribution is 5.92. The van der Waals surface area contributed by atoms with Crippen LogP contribution >= 0.6 is 0 Å². The van der Waals surface area contributed by atoms with Gasteiger partial charge in [-0.05, 0) is 74.3 Å². The Hall–Kier alpha value is -3.43. The summed E-state index contributed by atoms with van der Waals surface area (Å²) in [5.74, 6) is 1.74. The second kappa shape index (κ2) is 11.8. The smallest absolute Gasteiger partial charge is 0.408 e. The van der Waals surface area contributed by atoms with Crippen LogP contribution in [0.4, 0.5) is 4.79 Å². The number of carbonyl (C=O) groups is 3. The number of ether oxygens (including phenoxy) is 3. The maximum absolute atomic E-state index is 14.2. The van der Waals surface area contributed by atoms with E-state index < -0.39 is 29.7 Å². The van der Waals surface area contributed by atoms with E-state index in [9.17, 15) is 14.4 Å². The molecule has 4 fully saturated rings. The number of methoxy groups -OCH3 is 1. The summed E-state index contributed by atoms with van der Waals surface area (Å²) in [5, 5.41) is 2.93. The first-order valence-corrected chi connectivity index (χ1v) is 16.2. The average Bonchev–Trinajstić information content (AvgIpc) is 3.57. The molecule has 3 aliphatic carbocycles. The lowest BCUT2D eigenvalue weighted by Crippen LogP contribution is -2.57. The van der Waals surface area contributed by atoms with Crippen molar-refractivity contribution in [1.29, 1.82) is 0 Å². The molecular weight excluding hydrogens is 560 g/mol. The summed E-state index contributed by atoms with van der Waals surface area (Å²) in [4.78, 5) is 52.1. The van der Waals surface area contributed by atoms with Gasteiger partial charge in [-0.1, -0.05) is 40.5 Å². The van der Waals surface area contributed by atoms with E-state index in [1.54, 1.807) is 12.0 Å². The molecule has 7 rings (SSSR count). The van der Waals surface area contributed by atoms with E-state index in [2.05, 4.69) is 5.32 Å². The number of hydrogen-bond acceptors (Lipinski definition) is 8. The molecule has 2 aromatic rings. The molecule has 0 unspecified atom stereocenters. The number of hydrogen-bond donors (Lipinski definition) is 1. The normalized spacial score (nSPS) is 32.7. The number of nitrogens with one attached hydrogen (secondary N) is 1. The van der Waals surface area contributed by atoms with Crippen molar-refractivity contribution in [2.24, 2.45) is 29.1 Å². The van der Waals surface area contributed by atoms with Crippen molar-refractivity contribution in [3.8, 4) is 11.6 Å². The Morgan fingerprint density at radius 3 is 2.52 bits per heavy atom. The van der Waals surface area contributed by atoms with Crippen molar-refractivity contribution in [2.45, 2.75) is 104 Å². The summed E-state index contributed by atoms with van der Waals surface area (Å²) < 4.78 is 18.1. The van der Waals surface area contributed by atoms with Crippen LogP contribution in [0.2, 0.25) is 0 Å². The minimum atomic E-state index is -0.875. The highest BCUT2D eigenvalue weighted by Gasteiger charge is 2.54. The third-order valence-corrected chi connectivity index (χ3v) is 10.4. The first-order valence-electron chi connectivity index (χ1n) is 16.2. The van der Waals surface area contributed by atoms with E-state index in [4.69, 9.17) is 24.2 Å². The Labute approximate surface area is 259 Å². The van der Waals surface area contributed by atoms with Crippen molar-refractivity contribution in [3.63, 3.8) is 0 Å². The maximum Gasteiger partial charge on any atom is 0.408 e. The van der Waals surface area contributed by atoms with Crippen LogP contribution in [-0.4, -0.2) is 70.6 Å². The van der Waals surface area contributed by atoms with E-state index in [0.717, 1.165) is 49.7 Å². The zero-order valence-electron chi connectivity index (χ0n) is 26.8. The predicted molar refractivity (Wildman–Crippen MR) is 164 cm³/mol. The minimum Gasteiger partial charge on any atom is -0.497 e. The summed E-state index contributed by atoms with van der Waals surface area (Å²) in [6.07, 6.45) is 5.78. The van der Waals surface area contributed by atoms with Gasteiger partial charge in [0.05, 0.1) is 30.7 Å². The van der Waals surface area contributed by atoms with Gasteiger partial charge in [0.1, 0.15) is 29.7 Å². The molecule has 1 aromatic carbocycles. The Balaban J connectivity index is 1.36. The van der Waals surface area contributed by atoms with Gasteiger partial charge in [0.25, 0.3) is 0 Å². The number of nitrogens with zero attached hydrogens (tertiary/aromatic N) is 3. The van der Waals surface area contributed by atoms with Crippen LogP contribution in [0, 0.1) is 29.1 Å². The molecule has 1 aromatic heterocycles. The average molecular weight is 607 g/mol. The largest absolute Gasteiger partial charge is 0.497 e. The van der Waals surface area contributed by atoms with E-state index in [1.165, 1.54) is 6.92 Å². The van der Waals surface area contributed by atoms with E-state index in [-0.39, 0.29) is 30.3 Å². The van der Waals surface area contributed by atoms with Crippen LogP contribution in [0.3, 0.4) is 0 Å². The lowest BCUT2D eigenvalue weighted by atomic mass is 9.81. The number of ketones is 1. The van der Waals surface area contributed by atoms with Gasteiger partial charge in [0, 0.05) is 12.0 Å². The summed E-state index contributed by atoms with van der Waals surface area (Å²) in [7, 11) is 1.61. The van der Waals surface area contributed by atoms with Gasteiger partial charge in [-0.15, -0.1) is 0 Å². The fraction of sp³-hybridized carbons (Fsp3) is 0.676. The van der Waals surface area contributed by atoms with Crippen LogP contribution in [0.5, 0.6) is 11.6 Å². The van der Waals surface area contributed by atoms with E-state index >= 15 is 0 Å². The number of benzene rings is 1. The Morgan fingerprint density at radius 1 is 1.05 bits per heavy atom. The van der Waals surface area contributed by atoms with Crippen molar-refractivity contribution in [3.05, 3.63) is 23.9 Å². The van der Waals surface area contributed by atoms with Crippen LogP contribution in [0.25, 0.3) is 11.0 Å². The predicted octanol–water partition coefficient (Wildman–Crippen LogP) is 5.10. The van der Waals surface area contributed by atoms with Gasteiger partial charge in [-0.25, -0.2) is 14.8 Å². The molecule has 3 heterocycles. The molecule has 4 bridgehead atoms. The second-order valence-electron chi connectivity index (χ2n) is 14.5. The molecule has 10 nitrogen and oxygen atoms in total. The van der Waals surface area contributed by atoms with Gasteiger partial charge in [-0.2, -0.15) is 0 Å². The number of Topliss-reactive ketones (excluding diaryl/α,β-unsaturated/α-hetero) is 1. The topological polar surface area (TPSA) is 120 Å². The van der Waals surface area contributed by atoms with Crippen LogP contribution in [0.15, 0.2) is 18.2 Å². The molecule has 5 aliphatic rings. The van der Waals surface area contributed by atoms with Gasteiger partial charge in [0.15, 0.2) is 5.78 Å². The Kier molecular flexibility index (Phi) is 8.22. The quantitative estimate of drug-likeness (QED) is 0.501. The zero-order valence-corrected chi connectivity index (χ0v) is 26.8. The highest BCUT2D eigenvalue weighted by Crippen LogP contribution is 2.55. The van der Waals surface area contributed by atoms with Gasteiger partial charge >= 0.3 is 6.09 Å². The van der Waals surface area contributed by atoms with Gasteiger partial charge < -0.3 is 24.4 Å². The van der Waals surface area contributed by atoms with Crippen molar-refractivity contribution >= 4 is 28.8 Å². The SMILES string of the molecule is COc1ccc2nc3c(nc2c1)O[C@H]1CN(C(=O)[C@H](C(C)(C)C)NC(=O)O[C@@H]2[C@H]4C[C@H](C4)[C@H]2CCCCC3)[C@H](C(C)=O)[C@@H]1C. The molecule has 0 radical (unpaired) electrons. The number of carbonyl (C=O) groups excluding carboxylic acids is 3. The van der Waals surface area contributed by atoms with Gasteiger partial charge in [0.2, 0.25) is 11.8 Å². The molecule has 0 spiro atoms. The molecule has 1 N–H and O–H groups in total. The van der Waals surface area contributed by atoms with Gasteiger partial charge in [-0.3, -0.25) is 9.59 Å².